The summed E-state index contributed by atoms with van der Waals surface area (Å²) >= 11 is 0. The van der Waals surface area contributed by atoms with Gasteiger partial charge in [0.1, 0.15) is 11.5 Å². The van der Waals surface area contributed by atoms with Gasteiger partial charge in [0, 0.05) is 13.1 Å². The molecule has 0 bridgehead atoms. The maximum atomic E-state index is 12.1. The average molecular weight is 236 g/mol. The molecule has 1 fully saturated rings. The average Bonchev–Trinajstić information content (AvgIpc) is 2.32. The molecule has 6 heteroatoms. The van der Waals surface area contributed by atoms with Gasteiger partial charge in [0.2, 0.25) is 0 Å². The number of aliphatic hydroxyl groups is 1. The molecule has 0 saturated carbocycles. The number of hydrogen-bond acceptors (Lipinski definition) is 5. The lowest BCUT2D eigenvalue weighted by atomic mass is 9.96. The minimum atomic E-state index is -0.328. The second-order valence-corrected chi connectivity index (χ2v) is 4.41. The molecular formula is C11H16N4O2. The highest BCUT2D eigenvalue weighted by molar-refractivity contribution is 5.92. The van der Waals surface area contributed by atoms with E-state index in [1.165, 1.54) is 12.4 Å². The summed E-state index contributed by atoms with van der Waals surface area (Å²) in [7, 11) is 0. The molecule has 1 aliphatic heterocycles. The summed E-state index contributed by atoms with van der Waals surface area (Å²) in [6.07, 6.45) is 3.09. The van der Waals surface area contributed by atoms with Crippen molar-refractivity contribution in [2.24, 2.45) is 5.92 Å². The Labute approximate surface area is 99.5 Å². The van der Waals surface area contributed by atoms with E-state index in [1.54, 1.807) is 4.90 Å². The van der Waals surface area contributed by atoms with Crippen molar-refractivity contribution in [3.63, 3.8) is 0 Å². The minimum Gasteiger partial charge on any atom is -0.393 e. The van der Waals surface area contributed by atoms with Crippen LogP contribution in [-0.4, -0.2) is 45.1 Å². The number of hydrogen-bond donors (Lipinski definition) is 2. The molecule has 3 N–H and O–H groups in total. The van der Waals surface area contributed by atoms with Crippen LogP contribution in [0.5, 0.6) is 0 Å². The number of nitrogens with zero attached hydrogens (tertiary/aromatic N) is 3. The molecule has 1 aliphatic rings. The maximum absolute atomic E-state index is 12.1. The van der Waals surface area contributed by atoms with E-state index < -0.39 is 0 Å². The fraction of sp³-hybridized carbons (Fsp3) is 0.545. The van der Waals surface area contributed by atoms with E-state index in [9.17, 15) is 9.90 Å². The molecule has 2 atom stereocenters. The molecule has 0 spiro atoms. The van der Waals surface area contributed by atoms with Gasteiger partial charge in [0.05, 0.1) is 18.5 Å². The number of rotatable bonds is 1. The Hall–Kier alpha value is -1.69. The van der Waals surface area contributed by atoms with Crippen LogP contribution in [0.3, 0.4) is 0 Å². The van der Waals surface area contributed by atoms with Crippen molar-refractivity contribution in [3.8, 4) is 0 Å². The molecule has 2 rings (SSSR count). The Balaban J connectivity index is 2.10. The molecule has 2 unspecified atom stereocenters. The van der Waals surface area contributed by atoms with E-state index in [4.69, 9.17) is 5.73 Å². The highest BCUT2D eigenvalue weighted by Gasteiger charge is 2.28. The number of anilines is 1. The number of piperidine rings is 1. The number of carbonyl (C=O) groups is 1. The Bertz CT molecular complexity index is 424. The molecule has 6 nitrogen and oxygen atoms in total. The monoisotopic (exact) mass is 236 g/mol. The Morgan fingerprint density at radius 1 is 1.59 bits per heavy atom. The van der Waals surface area contributed by atoms with Crippen molar-refractivity contribution in [1.82, 2.24) is 14.9 Å². The van der Waals surface area contributed by atoms with Crippen LogP contribution in [0.15, 0.2) is 12.4 Å². The first-order valence-corrected chi connectivity index (χ1v) is 5.63. The van der Waals surface area contributed by atoms with E-state index in [0.717, 1.165) is 0 Å². The summed E-state index contributed by atoms with van der Waals surface area (Å²) in [5, 5.41) is 9.61. The van der Waals surface area contributed by atoms with Gasteiger partial charge in [-0.05, 0) is 12.3 Å². The predicted molar refractivity (Wildman–Crippen MR) is 62.1 cm³/mol. The highest BCUT2D eigenvalue weighted by Crippen LogP contribution is 2.18. The van der Waals surface area contributed by atoms with Gasteiger partial charge >= 0.3 is 0 Å². The van der Waals surface area contributed by atoms with Crippen LogP contribution in [-0.2, 0) is 0 Å². The van der Waals surface area contributed by atoms with Crippen molar-refractivity contribution in [2.45, 2.75) is 19.4 Å². The zero-order valence-electron chi connectivity index (χ0n) is 9.71. The first kappa shape index (κ1) is 11.8. The van der Waals surface area contributed by atoms with Crippen LogP contribution < -0.4 is 5.73 Å². The van der Waals surface area contributed by atoms with E-state index in [0.29, 0.717) is 19.5 Å². The van der Waals surface area contributed by atoms with E-state index in [1.807, 2.05) is 6.92 Å². The van der Waals surface area contributed by atoms with Crippen molar-refractivity contribution in [2.75, 3.05) is 18.8 Å². The SMILES string of the molecule is CC1CN(C(=O)c2cncc(N)n2)CCC1O. The van der Waals surface area contributed by atoms with Gasteiger partial charge in [-0.15, -0.1) is 0 Å². The summed E-state index contributed by atoms with van der Waals surface area (Å²) in [5.41, 5.74) is 5.75. The molecule has 1 aromatic heterocycles. The van der Waals surface area contributed by atoms with Crippen LogP contribution in [0.1, 0.15) is 23.8 Å². The van der Waals surface area contributed by atoms with Gasteiger partial charge in [-0.25, -0.2) is 4.98 Å². The predicted octanol–water partition coefficient (Wildman–Crippen LogP) is -0.0983. The van der Waals surface area contributed by atoms with Crippen LogP contribution in [0.2, 0.25) is 0 Å². The number of likely N-dealkylation sites (tertiary alicyclic amines) is 1. The van der Waals surface area contributed by atoms with Crippen molar-refractivity contribution >= 4 is 11.7 Å². The van der Waals surface area contributed by atoms with Gasteiger partial charge in [-0.1, -0.05) is 6.92 Å². The fourth-order valence-electron chi connectivity index (χ4n) is 1.96. The second-order valence-electron chi connectivity index (χ2n) is 4.41. The van der Waals surface area contributed by atoms with E-state index in [2.05, 4.69) is 9.97 Å². The van der Waals surface area contributed by atoms with Crippen molar-refractivity contribution in [1.29, 1.82) is 0 Å². The molecular weight excluding hydrogens is 220 g/mol. The summed E-state index contributed by atoms with van der Waals surface area (Å²) < 4.78 is 0. The molecule has 1 amide bonds. The Morgan fingerprint density at radius 3 is 3.00 bits per heavy atom. The number of nitrogens with two attached hydrogens (primary N) is 1. The van der Waals surface area contributed by atoms with Gasteiger partial charge in [-0.2, -0.15) is 0 Å². The lowest BCUT2D eigenvalue weighted by Crippen LogP contribution is -2.45. The van der Waals surface area contributed by atoms with Crippen LogP contribution >= 0.6 is 0 Å². The maximum Gasteiger partial charge on any atom is 0.274 e. The third-order valence-corrected chi connectivity index (χ3v) is 3.02. The van der Waals surface area contributed by atoms with E-state index in [-0.39, 0.29) is 29.4 Å². The third-order valence-electron chi connectivity index (χ3n) is 3.02. The molecule has 1 aromatic rings. The third kappa shape index (κ3) is 2.52. The first-order valence-electron chi connectivity index (χ1n) is 5.63. The molecule has 17 heavy (non-hydrogen) atoms. The van der Waals surface area contributed by atoms with Gasteiger partial charge in [0.25, 0.3) is 5.91 Å². The van der Waals surface area contributed by atoms with Gasteiger partial charge in [0.15, 0.2) is 0 Å². The number of nitrogen functional groups attached to an aromatic ring is 1. The summed E-state index contributed by atoms with van der Waals surface area (Å²) in [6.45, 7) is 3.01. The smallest absolute Gasteiger partial charge is 0.274 e. The molecule has 1 saturated heterocycles. The first-order chi connectivity index (χ1) is 8.08. The lowest BCUT2D eigenvalue weighted by Gasteiger charge is -2.34. The minimum absolute atomic E-state index is 0.0849. The molecule has 92 valence electrons. The zero-order chi connectivity index (χ0) is 12.4. The quantitative estimate of drug-likeness (QED) is 0.710. The normalized spacial score (nSPS) is 24.7. The van der Waals surface area contributed by atoms with Gasteiger partial charge in [-0.3, -0.25) is 9.78 Å². The van der Waals surface area contributed by atoms with Crippen LogP contribution in [0.4, 0.5) is 5.82 Å². The van der Waals surface area contributed by atoms with Crippen molar-refractivity contribution in [3.05, 3.63) is 18.1 Å². The Morgan fingerprint density at radius 2 is 2.35 bits per heavy atom. The topological polar surface area (TPSA) is 92.3 Å². The van der Waals surface area contributed by atoms with Gasteiger partial charge < -0.3 is 15.7 Å². The molecule has 0 aliphatic carbocycles. The summed E-state index contributed by atoms with van der Waals surface area (Å²) in [4.78, 5) is 21.6. The largest absolute Gasteiger partial charge is 0.393 e. The number of aromatic nitrogens is 2. The van der Waals surface area contributed by atoms with Crippen LogP contribution in [0.25, 0.3) is 0 Å². The molecule has 2 heterocycles. The number of carbonyl (C=O) groups excluding carboxylic acids is 1. The second kappa shape index (κ2) is 4.67. The fourth-order valence-corrected chi connectivity index (χ4v) is 1.96. The zero-order valence-corrected chi connectivity index (χ0v) is 9.71. The standard InChI is InChI=1S/C11H16N4O2/c1-7-6-15(3-2-9(7)16)11(17)8-4-13-5-10(12)14-8/h4-5,7,9,16H,2-3,6H2,1H3,(H2,12,14). The molecule has 0 aromatic carbocycles. The van der Waals surface area contributed by atoms with E-state index >= 15 is 0 Å². The summed E-state index contributed by atoms with van der Waals surface area (Å²) in [6, 6.07) is 0. The van der Waals surface area contributed by atoms with Crippen LogP contribution in [0, 0.1) is 5.92 Å². The van der Waals surface area contributed by atoms with Crippen molar-refractivity contribution < 1.29 is 9.90 Å². The number of aliphatic hydroxyl groups excluding tert-OH is 1. The number of amides is 1. The highest BCUT2D eigenvalue weighted by atomic mass is 16.3. The Kier molecular flexibility index (Phi) is 3.23. The lowest BCUT2D eigenvalue weighted by molar-refractivity contribution is 0.0294. The summed E-state index contributed by atoms with van der Waals surface area (Å²) in [5.74, 6) is 0.145. The molecule has 0 radical (unpaired) electrons.